The number of anilines is 2. The molecular formula is C95H141F8N13O10S4. The molecule has 3 fully saturated rings. The van der Waals surface area contributed by atoms with Gasteiger partial charge in [0.15, 0.2) is 0 Å². The number of benzene rings is 4. The van der Waals surface area contributed by atoms with Crippen LogP contribution in [0.3, 0.4) is 0 Å². The molecule has 0 unspecified atom stereocenters. The molecule has 6 N–H and O–H groups in total. The Hall–Kier alpha value is -7.52. The molecule has 3 aliphatic rings. The molecule has 726 valence electrons. The van der Waals surface area contributed by atoms with Gasteiger partial charge in [-0.1, -0.05) is 144 Å². The molecule has 3 saturated heterocycles. The molecule has 11 rings (SSSR count). The van der Waals surface area contributed by atoms with Crippen LogP contribution in [-0.4, -0.2) is 179 Å². The SMILES string of the molecule is CNCCCn1c(C(C)(C)C)cc(S(=O)(=O)NCc2cccc(C(C)(F)F)c2)c1C.Cc1c(S(=O)(=O)NCc2cccc(C(C)(F)F)c2)cc(C(C)(C)C)n1CCCN1CCOCC1.Cc1c(S(=O)(=O)Nc2cccc(C(C)(F)F)c2)cc(C(C)(C)C)n1CCCN1CCNCC1.Cc1c(S(=O)(=O)Nc2cccc(C(C)(F)F)c2)cc(C(C)(C)C)n1CCCN1CCOCC1. The minimum atomic E-state index is -3.96. The number of sulfonamides is 4. The Morgan fingerprint density at radius 3 is 0.877 bits per heavy atom. The predicted molar refractivity (Wildman–Crippen MR) is 501 cm³/mol. The van der Waals surface area contributed by atoms with Crippen molar-refractivity contribution in [3.8, 4) is 0 Å². The summed E-state index contributed by atoms with van der Waals surface area (Å²) >= 11 is 0. The molecule has 8 aromatic rings. The molecule has 0 saturated carbocycles. The van der Waals surface area contributed by atoms with E-state index in [2.05, 4.69) is 146 Å². The van der Waals surface area contributed by atoms with E-state index in [1.165, 1.54) is 84.9 Å². The van der Waals surface area contributed by atoms with E-state index in [0.29, 0.717) is 47.0 Å². The van der Waals surface area contributed by atoms with Crippen LogP contribution < -0.4 is 29.5 Å². The molecule has 0 spiro atoms. The lowest BCUT2D eigenvalue weighted by Gasteiger charge is -2.28. The Kier molecular flexibility index (Phi) is 36.8. The first-order valence-corrected chi connectivity index (χ1v) is 50.5. The third kappa shape index (κ3) is 30.5. The molecule has 0 radical (unpaired) electrons. The fourth-order valence-electron chi connectivity index (χ4n) is 16.1. The molecule has 4 aromatic carbocycles. The van der Waals surface area contributed by atoms with Gasteiger partial charge in [-0.15, -0.1) is 0 Å². The Bertz CT molecular complexity index is 5360. The first-order chi connectivity index (χ1) is 60.1. The van der Waals surface area contributed by atoms with Crippen LogP contribution in [-0.2, 0) is 134 Å². The van der Waals surface area contributed by atoms with Crippen molar-refractivity contribution in [1.29, 1.82) is 0 Å². The van der Waals surface area contributed by atoms with Crippen LogP contribution in [0.5, 0.6) is 0 Å². The Morgan fingerprint density at radius 2 is 0.600 bits per heavy atom. The summed E-state index contributed by atoms with van der Waals surface area (Å²) in [7, 11) is -13.7. The van der Waals surface area contributed by atoms with Crippen LogP contribution in [0.15, 0.2) is 141 Å². The zero-order chi connectivity index (χ0) is 96.8. The van der Waals surface area contributed by atoms with Crippen molar-refractivity contribution in [2.75, 3.05) is 121 Å². The van der Waals surface area contributed by atoms with E-state index in [9.17, 15) is 68.8 Å². The average molecular weight is 1910 g/mol. The lowest BCUT2D eigenvalue weighted by atomic mass is 9.92. The molecule has 0 bridgehead atoms. The molecule has 0 aliphatic carbocycles. The number of nitrogens with one attached hydrogen (secondary N) is 6. The quantitative estimate of drug-likeness (QED) is 0.0162. The highest BCUT2D eigenvalue weighted by Crippen LogP contribution is 2.39. The summed E-state index contributed by atoms with van der Waals surface area (Å²) in [4.78, 5) is 7.97. The number of aromatic nitrogens is 4. The standard InChI is InChI=1S/C25H37F2N3O3S.C24H36F2N4O2S.C24H35F2N3O3S.C22H33F2N3O2S/c1-19-22(34(31,32)28-18-20-8-6-9-21(16-20)25(5,26)27)17-23(24(2,3)4)30(19)11-7-10-29-12-14-33-15-13-29;1-18-21(33(31,32)28-20-9-6-8-19(16-20)24(5,25)26)17-22(23(2,3)4)30(18)13-7-12-29-14-10-27-11-15-29;1-18-21(33(30,31)27-20-9-6-8-19(16-20)24(5,25)26)17-22(23(2,3)4)29(18)11-7-10-28-12-14-32-15-13-28;1-16-19(14-20(21(2,3)4)27(16)12-8-11-25-6)30(28,29)26-15-17-9-7-10-18(13-17)22(5,23)24/h6,8-9,16-17,28H,7,10-15,18H2,1-5H3;6,8-9,16-17,27-28H,7,10-15H2,1-5H3;6,8-9,16-17,27H,7,10-15H2,1-5H3;7,9-10,13-14,25-26H,8,11-12,15H2,1-6H3. The molecule has 3 aliphatic heterocycles. The zero-order valence-corrected chi connectivity index (χ0v) is 83.1. The van der Waals surface area contributed by atoms with E-state index in [1.54, 1.807) is 50.2 Å². The topological polar surface area (TPSA) is 257 Å². The summed E-state index contributed by atoms with van der Waals surface area (Å²) in [5.74, 6) is -12.1. The van der Waals surface area contributed by atoms with E-state index in [4.69, 9.17) is 9.47 Å². The molecule has 130 heavy (non-hydrogen) atoms. The van der Waals surface area contributed by atoms with Gasteiger partial charge in [-0.25, -0.2) is 78.2 Å². The molecule has 23 nitrogen and oxygen atoms in total. The largest absolute Gasteiger partial charge is 0.379 e. The van der Waals surface area contributed by atoms with Crippen LogP contribution in [0.2, 0.25) is 0 Å². The van der Waals surface area contributed by atoms with Crippen molar-refractivity contribution in [2.45, 2.75) is 268 Å². The van der Waals surface area contributed by atoms with Crippen molar-refractivity contribution in [3.05, 3.63) is 200 Å². The van der Waals surface area contributed by atoms with Crippen molar-refractivity contribution in [1.82, 2.24) is 53.0 Å². The Balaban J connectivity index is 0.000000214. The van der Waals surface area contributed by atoms with Gasteiger partial charge in [0.1, 0.15) is 19.6 Å². The minimum absolute atomic E-state index is 0.0541. The maximum Gasteiger partial charge on any atom is 0.270 e. The van der Waals surface area contributed by atoms with Crippen molar-refractivity contribution >= 4 is 51.5 Å². The molecule has 35 heteroatoms. The Morgan fingerprint density at radius 1 is 0.338 bits per heavy atom. The van der Waals surface area contributed by atoms with Crippen LogP contribution >= 0.6 is 0 Å². The number of hydrogen-bond donors (Lipinski definition) is 6. The number of alkyl halides is 8. The molecule has 0 atom stereocenters. The van der Waals surface area contributed by atoms with E-state index < -0.39 is 63.8 Å². The number of hydrogen-bond acceptors (Lipinski definition) is 15. The van der Waals surface area contributed by atoms with Crippen molar-refractivity contribution < 1.29 is 78.3 Å². The monoisotopic (exact) mass is 1900 g/mol. The zero-order valence-electron chi connectivity index (χ0n) is 79.8. The molecule has 4 aromatic heterocycles. The number of piperazine rings is 1. The maximum absolute atomic E-state index is 13.7. The fourth-order valence-corrected chi connectivity index (χ4v) is 21.3. The van der Waals surface area contributed by atoms with E-state index >= 15 is 0 Å². The highest BCUT2D eigenvalue weighted by atomic mass is 32.2. The summed E-state index contributed by atoms with van der Waals surface area (Å²) in [5.41, 5.74) is 5.93. The van der Waals surface area contributed by atoms with E-state index in [1.807, 2.05) is 20.9 Å². The van der Waals surface area contributed by atoms with Crippen molar-refractivity contribution in [2.24, 2.45) is 0 Å². The number of morpholine rings is 2. The van der Waals surface area contributed by atoms with Gasteiger partial charge in [0.05, 0.1) is 26.4 Å². The average Bonchev–Trinajstić information content (AvgIpc) is 1.63. The van der Waals surface area contributed by atoms with Gasteiger partial charge in [-0.2, -0.15) is 0 Å². The minimum Gasteiger partial charge on any atom is -0.379 e. The molecular weight excluding hydrogens is 1760 g/mol. The molecule has 7 heterocycles. The second kappa shape index (κ2) is 44.3. The normalized spacial score (nSPS) is 15.5. The van der Waals surface area contributed by atoms with Gasteiger partial charge >= 0.3 is 0 Å². The third-order valence-corrected chi connectivity index (χ3v) is 29.4. The van der Waals surface area contributed by atoms with Gasteiger partial charge in [-0.3, -0.25) is 19.2 Å². The third-order valence-electron chi connectivity index (χ3n) is 23.3. The van der Waals surface area contributed by atoms with Crippen LogP contribution in [0, 0.1) is 27.7 Å². The molecule has 0 amide bonds. The first-order valence-electron chi connectivity index (χ1n) is 44.6. The fraction of sp³-hybridized carbons (Fsp3) is 0.579. The van der Waals surface area contributed by atoms with Crippen LogP contribution in [0.1, 0.15) is 215 Å². The number of nitrogens with zero attached hydrogens (tertiary/aromatic N) is 7. The number of rotatable bonds is 34. The summed E-state index contributed by atoms with van der Waals surface area (Å²) in [6.07, 6.45) is 3.59. The summed E-state index contributed by atoms with van der Waals surface area (Å²) in [5, 5.41) is 6.46. The van der Waals surface area contributed by atoms with Crippen LogP contribution in [0.4, 0.5) is 46.5 Å². The first kappa shape index (κ1) is 108. The highest BCUT2D eigenvalue weighted by Gasteiger charge is 2.36. The summed E-state index contributed by atoms with van der Waals surface area (Å²) in [6.45, 7) is 52.3. The predicted octanol–water partition coefficient (Wildman–Crippen LogP) is 17.7. The van der Waals surface area contributed by atoms with E-state index in [-0.39, 0.29) is 88.0 Å². The second-order valence-electron chi connectivity index (χ2n) is 38.5. The maximum atomic E-state index is 13.7. The Labute approximate surface area is 768 Å². The number of ether oxygens (including phenoxy) is 2. The van der Waals surface area contributed by atoms with Gasteiger partial charge in [0.2, 0.25) is 20.0 Å². The summed E-state index contributed by atoms with van der Waals surface area (Å²) in [6, 6.07) is 29.3. The number of halogens is 8. The second-order valence-corrected chi connectivity index (χ2v) is 45.3. The smallest absolute Gasteiger partial charge is 0.270 e. The lowest BCUT2D eigenvalue weighted by Crippen LogP contribution is -2.43. The summed E-state index contributed by atoms with van der Waals surface area (Å²) < 4.78 is 244. The lowest BCUT2D eigenvalue weighted by molar-refractivity contribution is 0.0167. The van der Waals surface area contributed by atoms with Gasteiger partial charge in [0, 0.05) is 233 Å². The van der Waals surface area contributed by atoms with E-state index in [0.717, 1.165) is 194 Å². The van der Waals surface area contributed by atoms with Gasteiger partial charge < -0.3 is 43.3 Å². The van der Waals surface area contributed by atoms with Crippen LogP contribution in [0.25, 0.3) is 0 Å². The van der Waals surface area contributed by atoms with Crippen molar-refractivity contribution in [3.63, 3.8) is 0 Å². The van der Waals surface area contributed by atoms with Gasteiger partial charge in [0.25, 0.3) is 43.7 Å². The highest BCUT2D eigenvalue weighted by molar-refractivity contribution is 7.93. The van der Waals surface area contributed by atoms with Gasteiger partial charge in [-0.05, 0) is 145 Å².